The van der Waals surface area contributed by atoms with Crippen LogP contribution < -0.4 is 9.47 Å². The van der Waals surface area contributed by atoms with Crippen LogP contribution in [0.25, 0.3) is 0 Å². The molecule has 0 saturated carbocycles. The number of aromatic hydroxyl groups is 1. The van der Waals surface area contributed by atoms with Gasteiger partial charge in [0.2, 0.25) is 0 Å². The van der Waals surface area contributed by atoms with Crippen LogP contribution in [0.5, 0.6) is 17.2 Å². The third kappa shape index (κ3) is 8.89. The molecule has 1 N–H and O–H groups in total. The minimum absolute atomic E-state index is 0.174. The predicted molar refractivity (Wildman–Crippen MR) is 126 cm³/mol. The zero-order valence-corrected chi connectivity index (χ0v) is 18.8. The van der Waals surface area contributed by atoms with E-state index in [-0.39, 0.29) is 5.75 Å². The van der Waals surface area contributed by atoms with Gasteiger partial charge in [-0.3, -0.25) is 4.99 Å². The minimum Gasteiger partial charge on any atom is -0.507 e. The van der Waals surface area contributed by atoms with Crippen LogP contribution in [0.1, 0.15) is 71.3 Å². The van der Waals surface area contributed by atoms with Crippen molar-refractivity contribution in [3.63, 3.8) is 0 Å². The lowest BCUT2D eigenvalue weighted by atomic mass is 10.1. The summed E-state index contributed by atoms with van der Waals surface area (Å²) in [4.78, 5) is 4.45. The van der Waals surface area contributed by atoms with E-state index >= 15 is 0 Å². The number of nitrogens with zero attached hydrogens (tertiary/aromatic N) is 1. The maximum Gasteiger partial charge on any atom is 0.128 e. The summed E-state index contributed by atoms with van der Waals surface area (Å²) in [6, 6.07) is 13.0. The van der Waals surface area contributed by atoms with E-state index in [0.29, 0.717) is 23.8 Å². The van der Waals surface area contributed by atoms with Crippen molar-refractivity contribution in [1.29, 1.82) is 0 Å². The number of hydrogen-bond donors (Lipinski definition) is 1. The summed E-state index contributed by atoms with van der Waals surface area (Å²) in [5.74, 6) is 2.26. The zero-order chi connectivity index (χ0) is 21.6. The van der Waals surface area contributed by atoms with Crippen LogP contribution in [0.3, 0.4) is 0 Å². The molecule has 2 aromatic carbocycles. The second-order valence-electron chi connectivity index (χ2n) is 7.91. The lowest BCUT2D eigenvalue weighted by Crippen LogP contribution is -2.06. The van der Waals surface area contributed by atoms with Crippen LogP contribution in [-0.2, 0) is 0 Å². The van der Waals surface area contributed by atoms with Gasteiger partial charge >= 0.3 is 0 Å². The van der Waals surface area contributed by atoms with E-state index in [1.54, 1.807) is 12.3 Å². The molecule has 0 aromatic heterocycles. The number of aliphatic imine (C=N–C) groups is 1. The van der Waals surface area contributed by atoms with Crippen molar-refractivity contribution < 1.29 is 14.6 Å². The average molecular weight is 412 g/mol. The summed E-state index contributed by atoms with van der Waals surface area (Å²) in [5, 5.41) is 10.3. The molecule has 0 aliphatic carbocycles. The van der Waals surface area contributed by atoms with Gasteiger partial charge in [-0.1, -0.05) is 59.3 Å². The van der Waals surface area contributed by atoms with Crippen LogP contribution in [0, 0.1) is 5.92 Å². The highest BCUT2D eigenvalue weighted by Gasteiger charge is 2.03. The van der Waals surface area contributed by atoms with Gasteiger partial charge in [0.1, 0.15) is 17.2 Å². The Morgan fingerprint density at radius 3 is 2.30 bits per heavy atom. The summed E-state index contributed by atoms with van der Waals surface area (Å²) in [7, 11) is 0. The van der Waals surface area contributed by atoms with E-state index < -0.39 is 0 Å². The van der Waals surface area contributed by atoms with Crippen LogP contribution in [0.15, 0.2) is 47.5 Å². The molecule has 0 aliphatic heterocycles. The summed E-state index contributed by atoms with van der Waals surface area (Å²) < 4.78 is 11.5. The van der Waals surface area contributed by atoms with E-state index in [2.05, 4.69) is 25.8 Å². The molecule has 164 valence electrons. The Morgan fingerprint density at radius 2 is 1.60 bits per heavy atom. The predicted octanol–water partition coefficient (Wildman–Crippen LogP) is 7.31. The van der Waals surface area contributed by atoms with Gasteiger partial charge in [0.25, 0.3) is 0 Å². The highest BCUT2D eigenvalue weighted by molar-refractivity contribution is 5.85. The highest BCUT2D eigenvalue weighted by Crippen LogP contribution is 2.24. The number of phenolic OH excluding ortho intramolecular Hbond substituents is 1. The highest BCUT2D eigenvalue weighted by atomic mass is 16.5. The Bertz CT molecular complexity index is 755. The van der Waals surface area contributed by atoms with Gasteiger partial charge < -0.3 is 14.6 Å². The molecule has 1 atom stereocenters. The van der Waals surface area contributed by atoms with Crippen LogP contribution in [0.2, 0.25) is 0 Å². The molecule has 0 saturated heterocycles. The normalized spacial score (nSPS) is 12.2. The first kappa shape index (κ1) is 23.8. The van der Waals surface area contributed by atoms with Crippen LogP contribution in [-0.4, -0.2) is 24.5 Å². The van der Waals surface area contributed by atoms with E-state index in [1.165, 1.54) is 32.1 Å². The molecule has 30 heavy (non-hydrogen) atoms. The smallest absolute Gasteiger partial charge is 0.128 e. The van der Waals surface area contributed by atoms with E-state index in [1.807, 2.05) is 36.4 Å². The number of unbranched alkanes of at least 4 members (excludes halogenated alkanes) is 5. The summed E-state index contributed by atoms with van der Waals surface area (Å²) in [5.41, 5.74) is 1.48. The SMILES string of the molecule is CCCCCCCCOc1ccc(C=Nc2ccc(OCC(C)CC)cc2)c(O)c1. The molecule has 0 radical (unpaired) electrons. The second-order valence-corrected chi connectivity index (χ2v) is 7.91. The fourth-order valence-corrected chi connectivity index (χ4v) is 2.92. The maximum atomic E-state index is 10.3. The molecule has 0 aliphatic rings. The van der Waals surface area contributed by atoms with Crippen molar-refractivity contribution in [2.24, 2.45) is 10.9 Å². The van der Waals surface area contributed by atoms with Gasteiger partial charge in [-0.15, -0.1) is 0 Å². The van der Waals surface area contributed by atoms with E-state index in [9.17, 15) is 5.11 Å². The molecule has 0 amide bonds. The molecule has 4 nitrogen and oxygen atoms in total. The minimum atomic E-state index is 0.174. The number of rotatable bonds is 14. The first-order chi connectivity index (χ1) is 14.6. The van der Waals surface area contributed by atoms with Gasteiger partial charge in [-0.05, 0) is 48.7 Å². The fraction of sp³-hybridized carbons (Fsp3) is 0.500. The first-order valence-electron chi connectivity index (χ1n) is 11.3. The largest absolute Gasteiger partial charge is 0.507 e. The standard InChI is InChI=1S/C26H37NO3/c1-4-6-7-8-9-10-17-29-25-14-11-22(26(28)18-25)19-27-23-12-15-24(16-13-23)30-20-21(3)5-2/h11-16,18-19,21,28H,4-10,17,20H2,1-3H3. The topological polar surface area (TPSA) is 51.0 Å². The van der Waals surface area contributed by atoms with Crippen molar-refractivity contribution in [2.75, 3.05) is 13.2 Å². The van der Waals surface area contributed by atoms with Gasteiger partial charge in [0, 0.05) is 17.8 Å². The van der Waals surface area contributed by atoms with Crippen molar-refractivity contribution >= 4 is 11.9 Å². The Kier molecular flexibility index (Phi) is 10.8. The lowest BCUT2D eigenvalue weighted by Gasteiger charge is -2.10. The maximum absolute atomic E-state index is 10.3. The van der Waals surface area contributed by atoms with Crippen LogP contribution >= 0.6 is 0 Å². The molecule has 4 heteroatoms. The first-order valence-corrected chi connectivity index (χ1v) is 11.3. The molecule has 2 rings (SSSR count). The Labute approximate surface area is 182 Å². The van der Waals surface area contributed by atoms with E-state index in [0.717, 1.165) is 30.9 Å². The molecule has 2 aromatic rings. The molecule has 0 bridgehead atoms. The van der Waals surface area contributed by atoms with Crippen molar-refractivity contribution in [3.8, 4) is 17.2 Å². The van der Waals surface area contributed by atoms with Crippen molar-refractivity contribution in [3.05, 3.63) is 48.0 Å². The summed E-state index contributed by atoms with van der Waals surface area (Å²) in [6.07, 6.45) is 10.2. The Hall–Kier alpha value is -2.49. The van der Waals surface area contributed by atoms with E-state index in [4.69, 9.17) is 9.47 Å². The fourth-order valence-electron chi connectivity index (χ4n) is 2.92. The van der Waals surface area contributed by atoms with Crippen LogP contribution in [0.4, 0.5) is 5.69 Å². The van der Waals surface area contributed by atoms with Gasteiger partial charge in [-0.25, -0.2) is 0 Å². The molecule has 0 heterocycles. The quantitative estimate of drug-likeness (QED) is 0.262. The third-order valence-corrected chi connectivity index (χ3v) is 5.19. The van der Waals surface area contributed by atoms with Gasteiger partial charge in [0.05, 0.1) is 18.9 Å². The number of ether oxygens (including phenoxy) is 2. The Balaban J connectivity index is 1.80. The monoisotopic (exact) mass is 411 g/mol. The number of hydrogen-bond acceptors (Lipinski definition) is 4. The molecule has 0 fully saturated rings. The number of phenols is 1. The summed E-state index contributed by atoms with van der Waals surface area (Å²) >= 11 is 0. The molecule has 0 spiro atoms. The Morgan fingerprint density at radius 1 is 0.900 bits per heavy atom. The second kappa shape index (κ2) is 13.7. The van der Waals surface area contributed by atoms with Crippen molar-refractivity contribution in [2.45, 2.75) is 65.7 Å². The number of benzene rings is 2. The van der Waals surface area contributed by atoms with Gasteiger partial charge in [-0.2, -0.15) is 0 Å². The lowest BCUT2D eigenvalue weighted by molar-refractivity contribution is 0.256. The molecular weight excluding hydrogens is 374 g/mol. The molecular formula is C26H37NO3. The zero-order valence-electron chi connectivity index (χ0n) is 18.8. The van der Waals surface area contributed by atoms with Gasteiger partial charge in [0.15, 0.2) is 0 Å². The van der Waals surface area contributed by atoms with Crippen molar-refractivity contribution in [1.82, 2.24) is 0 Å². The third-order valence-electron chi connectivity index (χ3n) is 5.19. The average Bonchev–Trinajstić information content (AvgIpc) is 2.77. The summed E-state index contributed by atoms with van der Waals surface area (Å²) in [6.45, 7) is 7.97. The molecule has 1 unspecified atom stereocenters.